The number of carboxylic acid groups (broad SMARTS) is 1. The highest BCUT2D eigenvalue weighted by atomic mass is 16.4. The molecular weight excluding hydrogens is 292 g/mol. The first-order chi connectivity index (χ1) is 11.1. The molecule has 1 aromatic heterocycles. The number of rotatable bonds is 4. The lowest BCUT2D eigenvalue weighted by Gasteiger charge is -2.31. The van der Waals surface area contributed by atoms with Gasteiger partial charge in [-0.3, -0.25) is 4.79 Å². The highest BCUT2D eigenvalue weighted by molar-refractivity contribution is 5.71. The lowest BCUT2D eigenvalue weighted by molar-refractivity contribution is -0.141. The van der Waals surface area contributed by atoms with Gasteiger partial charge in [-0.05, 0) is 37.5 Å². The number of hydrogen-bond donors (Lipinski definition) is 2. The van der Waals surface area contributed by atoms with Crippen LogP contribution in [-0.4, -0.2) is 34.1 Å². The van der Waals surface area contributed by atoms with Crippen LogP contribution in [0, 0.1) is 12.8 Å². The highest BCUT2D eigenvalue weighted by Crippen LogP contribution is 2.24. The van der Waals surface area contributed by atoms with Crippen LogP contribution in [0.5, 0.6) is 0 Å². The van der Waals surface area contributed by atoms with Crippen LogP contribution in [0.1, 0.15) is 18.4 Å². The molecule has 0 unspecified atom stereocenters. The minimum absolute atomic E-state index is 0.327. The van der Waals surface area contributed by atoms with Gasteiger partial charge in [0.25, 0.3) is 0 Å². The lowest BCUT2D eigenvalue weighted by Crippen LogP contribution is -2.39. The van der Waals surface area contributed by atoms with Gasteiger partial charge in [-0.15, -0.1) is 0 Å². The zero-order chi connectivity index (χ0) is 16.2. The van der Waals surface area contributed by atoms with Gasteiger partial charge in [-0.25, -0.2) is 9.97 Å². The summed E-state index contributed by atoms with van der Waals surface area (Å²) in [6.45, 7) is 3.36. The second-order valence-corrected chi connectivity index (χ2v) is 5.88. The third kappa shape index (κ3) is 3.77. The summed E-state index contributed by atoms with van der Waals surface area (Å²) in [5.74, 6) is 0.410. The first kappa shape index (κ1) is 15.3. The van der Waals surface area contributed by atoms with Crippen LogP contribution in [0.4, 0.5) is 17.3 Å². The average molecular weight is 312 g/mol. The van der Waals surface area contributed by atoms with Crippen LogP contribution in [0.15, 0.2) is 36.7 Å². The van der Waals surface area contributed by atoms with Crippen molar-refractivity contribution in [2.24, 2.45) is 5.92 Å². The van der Waals surface area contributed by atoms with E-state index in [1.54, 1.807) is 0 Å². The summed E-state index contributed by atoms with van der Waals surface area (Å²) in [5.41, 5.74) is 2.14. The summed E-state index contributed by atoms with van der Waals surface area (Å²) in [5, 5.41) is 12.5. The first-order valence-corrected chi connectivity index (χ1v) is 7.75. The topological polar surface area (TPSA) is 78.4 Å². The standard InChI is InChI=1S/C17H20N4O2/c1-12-4-2-6-14(8-12)20-15-9-16(19-11-18-15)21-7-3-5-13(10-21)17(22)23/h2,4,6,8-9,11,13H,3,5,7,10H2,1H3,(H,22,23)(H,18,19,20)/t13-/m0/s1. The molecule has 0 bridgehead atoms. The number of carboxylic acids is 1. The molecule has 3 rings (SSSR count). The van der Waals surface area contributed by atoms with Gasteiger partial charge in [0.2, 0.25) is 0 Å². The number of benzene rings is 1. The molecule has 0 spiro atoms. The molecular formula is C17H20N4O2. The third-order valence-corrected chi connectivity index (χ3v) is 4.04. The predicted molar refractivity (Wildman–Crippen MR) is 89.1 cm³/mol. The van der Waals surface area contributed by atoms with Crippen LogP contribution in [-0.2, 0) is 4.79 Å². The molecule has 1 aliphatic heterocycles. The van der Waals surface area contributed by atoms with Gasteiger partial charge in [0.15, 0.2) is 0 Å². The third-order valence-electron chi connectivity index (χ3n) is 4.04. The molecule has 1 saturated heterocycles. The van der Waals surface area contributed by atoms with Crippen LogP contribution in [0.2, 0.25) is 0 Å². The van der Waals surface area contributed by atoms with Gasteiger partial charge in [0.05, 0.1) is 5.92 Å². The van der Waals surface area contributed by atoms with E-state index in [1.165, 1.54) is 11.9 Å². The fourth-order valence-electron chi connectivity index (χ4n) is 2.85. The molecule has 6 heteroatoms. The zero-order valence-electron chi connectivity index (χ0n) is 13.1. The Labute approximate surface area is 135 Å². The summed E-state index contributed by atoms with van der Waals surface area (Å²) in [6.07, 6.45) is 3.10. The number of piperidine rings is 1. The van der Waals surface area contributed by atoms with Gasteiger partial charge >= 0.3 is 5.97 Å². The number of carbonyl (C=O) groups is 1. The van der Waals surface area contributed by atoms with E-state index in [2.05, 4.69) is 15.3 Å². The van der Waals surface area contributed by atoms with E-state index in [0.717, 1.165) is 30.9 Å². The second-order valence-electron chi connectivity index (χ2n) is 5.88. The molecule has 2 heterocycles. The van der Waals surface area contributed by atoms with E-state index in [1.807, 2.05) is 42.2 Å². The van der Waals surface area contributed by atoms with Crippen molar-refractivity contribution in [3.63, 3.8) is 0 Å². The second kappa shape index (κ2) is 6.64. The van der Waals surface area contributed by atoms with Crippen molar-refractivity contribution in [1.29, 1.82) is 0 Å². The van der Waals surface area contributed by atoms with E-state index in [0.29, 0.717) is 12.4 Å². The average Bonchev–Trinajstić information content (AvgIpc) is 2.55. The Balaban J connectivity index is 1.75. The fraction of sp³-hybridized carbons (Fsp3) is 0.353. The smallest absolute Gasteiger partial charge is 0.308 e. The van der Waals surface area contributed by atoms with Gasteiger partial charge in [0, 0.05) is 24.8 Å². The number of aromatic nitrogens is 2. The predicted octanol–water partition coefficient (Wildman–Crippen LogP) is 2.83. The molecule has 0 saturated carbocycles. The van der Waals surface area contributed by atoms with E-state index >= 15 is 0 Å². The van der Waals surface area contributed by atoms with Crippen LogP contribution >= 0.6 is 0 Å². The molecule has 23 heavy (non-hydrogen) atoms. The minimum atomic E-state index is -0.734. The number of hydrogen-bond acceptors (Lipinski definition) is 5. The molecule has 6 nitrogen and oxygen atoms in total. The molecule has 1 aromatic carbocycles. The van der Waals surface area contributed by atoms with Crippen molar-refractivity contribution in [2.45, 2.75) is 19.8 Å². The van der Waals surface area contributed by atoms with E-state index in [4.69, 9.17) is 0 Å². The largest absolute Gasteiger partial charge is 0.481 e. The molecule has 0 radical (unpaired) electrons. The quantitative estimate of drug-likeness (QED) is 0.904. The summed E-state index contributed by atoms with van der Waals surface area (Å²) >= 11 is 0. The number of nitrogens with zero attached hydrogens (tertiary/aromatic N) is 3. The molecule has 0 aliphatic carbocycles. The van der Waals surface area contributed by atoms with Gasteiger partial charge in [-0.1, -0.05) is 12.1 Å². The monoisotopic (exact) mass is 312 g/mol. The summed E-state index contributed by atoms with van der Waals surface area (Å²) in [4.78, 5) is 21.8. The molecule has 2 N–H and O–H groups in total. The maximum absolute atomic E-state index is 11.2. The fourth-order valence-corrected chi connectivity index (χ4v) is 2.85. The van der Waals surface area contributed by atoms with Crippen molar-refractivity contribution in [3.05, 3.63) is 42.2 Å². The van der Waals surface area contributed by atoms with Crippen LogP contribution in [0.3, 0.4) is 0 Å². The van der Waals surface area contributed by atoms with Crippen molar-refractivity contribution in [2.75, 3.05) is 23.3 Å². The molecule has 120 valence electrons. The van der Waals surface area contributed by atoms with E-state index in [9.17, 15) is 9.90 Å². The Morgan fingerprint density at radius 2 is 2.22 bits per heavy atom. The van der Waals surface area contributed by atoms with E-state index in [-0.39, 0.29) is 5.92 Å². The molecule has 2 aromatic rings. The van der Waals surface area contributed by atoms with Gasteiger partial charge < -0.3 is 15.3 Å². The summed E-state index contributed by atoms with van der Waals surface area (Å²) in [7, 11) is 0. The van der Waals surface area contributed by atoms with Crippen molar-refractivity contribution < 1.29 is 9.90 Å². The highest BCUT2D eigenvalue weighted by Gasteiger charge is 2.26. The number of aliphatic carboxylic acids is 1. The Hall–Kier alpha value is -2.63. The number of anilines is 3. The van der Waals surface area contributed by atoms with Gasteiger partial charge in [0.1, 0.15) is 18.0 Å². The molecule has 1 aliphatic rings. The van der Waals surface area contributed by atoms with E-state index < -0.39 is 5.97 Å². The maximum Gasteiger partial charge on any atom is 0.308 e. The van der Waals surface area contributed by atoms with Gasteiger partial charge in [-0.2, -0.15) is 0 Å². The Bertz CT molecular complexity index is 704. The molecule has 0 amide bonds. The number of nitrogens with one attached hydrogen (secondary N) is 1. The van der Waals surface area contributed by atoms with Crippen molar-refractivity contribution in [3.8, 4) is 0 Å². The van der Waals surface area contributed by atoms with Crippen LogP contribution in [0.25, 0.3) is 0 Å². The first-order valence-electron chi connectivity index (χ1n) is 7.75. The zero-order valence-corrected chi connectivity index (χ0v) is 13.1. The molecule has 1 atom stereocenters. The Kier molecular flexibility index (Phi) is 4.41. The van der Waals surface area contributed by atoms with Crippen molar-refractivity contribution in [1.82, 2.24) is 9.97 Å². The Morgan fingerprint density at radius 3 is 3.00 bits per heavy atom. The number of aryl methyl sites for hydroxylation is 1. The summed E-state index contributed by atoms with van der Waals surface area (Å²) < 4.78 is 0. The maximum atomic E-state index is 11.2. The lowest BCUT2D eigenvalue weighted by atomic mass is 9.98. The minimum Gasteiger partial charge on any atom is -0.481 e. The van der Waals surface area contributed by atoms with Crippen LogP contribution < -0.4 is 10.2 Å². The SMILES string of the molecule is Cc1cccc(Nc2cc(N3CCC[C@H](C(=O)O)C3)ncn2)c1. The molecule has 1 fully saturated rings. The summed E-state index contributed by atoms with van der Waals surface area (Å²) in [6, 6.07) is 9.92. The van der Waals surface area contributed by atoms with Crippen molar-refractivity contribution >= 4 is 23.3 Å². The Morgan fingerprint density at radius 1 is 1.35 bits per heavy atom. The normalized spacial score (nSPS) is 17.8.